The Bertz CT molecular complexity index is 769. The number of amides is 2. The minimum absolute atomic E-state index is 0.0441. The zero-order valence-corrected chi connectivity index (χ0v) is 15.1. The van der Waals surface area contributed by atoms with E-state index in [4.69, 9.17) is 0 Å². The van der Waals surface area contributed by atoms with Crippen molar-refractivity contribution in [1.82, 2.24) is 10.6 Å². The van der Waals surface area contributed by atoms with Crippen LogP contribution in [0.5, 0.6) is 0 Å². The molecule has 0 spiro atoms. The number of carbonyl (C=O) groups excluding carboxylic acids is 2. The molecule has 3 N–H and O–H groups in total. The maximum absolute atomic E-state index is 12.5. The van der Waals surface area contributed by atoms with Crippen LogP contribution in [0.2, 0.25) is 0 Å². The molecule has 2 rings (SSSR count). The fraction of sp³-hybridized carbons (Fsp3) is 0.300. The first-order valence-electron chi connectivity index (χ1n) is 8.38. The molecule has 0 fully saturated rings. The number of rotatable bonds is 6. The average molecular weight is 339 g/mol. The van der Waals surface area contributed by atoms with Gasteiger partial charge in [-0.15, -0.1) is 0 Å². The number of aryl methyl sites for hydroxylation is 1. The molecule has 2 aromatic carbocycles. The highest BCUT2D eigenvalue weighted by molar-refractivity contribution is 6.01. The first-order chi connectivity index (χ1) is 11.9. The fourth-order valence-electron chi connectivity index (χ4n) is 2.45. The molecule has 0 bridgehead atoms. The molecule has 0 radical (unpaired) electrons. The minimum atomic E-state index is -0.285. The Balaban J connectivity index is 2.13. The summed E-state index contributed by atoms with van der Waals surface area (Å²) in [5.74, 6) is -0.490. The van der Waals surface area contributed by atoms with Crippen molar-refractivity contribution < 1.29 is 9.59 Å². The molecule has 0 saturated heterocycles. The number of para-hydroxylation sites is 1. The summed E-state index contributed by atoms with van der Waals surface area (Å²) < 4.78 is 0. The van der Waals surface area contributed by atoms with Crippen LogP contribution in [0, 0.1) is 13.8 Å². The summed E-state index contributed by atoms with van der Waals surface area (Å²) in [6, 6.07) is 13.3. The van der Waals surface area contributed by atoms with Crippen LogP contribution in [-0.4, -0.2) is 24.4 Å². The van der Waals surface area contributed by atoms with Gasteiger partial charge in [0.05, 0.1) is 17.8 Å². The lowest BCUT2D eigenvalue weighted by molar-refractivity contribution is -0.120. The average Bonchev–Trinajstić information content (AvgIpc) is 2.57. The molecule has 2 amide bonds. The lowest BCUT2D eigenvalue weighted by Gasteiger charge is -2.15. The predicted octanol–water partition coefficient (Wildman–Crippen LogP) is 3.30. The van der Waals surface area contributed by atoms with Crippen LogP contribution in [0.25, 0.3) is 0 Å². The van der Waals surface area contributed by atoms with Crippen molar-refractivity contribution in [3.8, 4) is 0 Å². The molecular weight excluding hydrogens is 314 g/mol. The number of hydrogen-bond donors (Lipinski definition) is 3. The second kappa shape index (κ2) is 8.33. The first kappa shape index (κ1) is 18.5. The number of anilines is 2. The van der Waals surface area contributed by atoms with E-state index in [1.807, 2.05) is 58.0 Å². The molecule has 0 aliphatic heterocycles. The molecule has 25 heavy (non-hydrogen) atoms. The summed E-state index contributed by atoms with van der Waals surface area (Å²) in [5.41, 5.74) is 4.47. The largest absolute Gasteiger partial charge is 0.355 e. The van der Waals surface area contributed by atoms with E-state index >= 15 is 0 Å². The molecule has 5 heteroatoms. The van der Waals surface area contributed by atoms with Crippen molar-refractivity contribution in [1.29, 1.82) is 0 Å². The van der Waals surface area contributed by atoms with Crippen LogP contribution in [-0.2, 0) is 4.79 Å². The van der Waals surface area contributed by atoms with Crippen LogP contribution >= 0.6 is 0 Å². The van der Waals surface area contributed by atoms with Crippen molar-refractivity contribution in [2.24, 2.45) is 0 Å². The molecule has 2 aromatic rings. The molecular formula is C20H25N3O2. The summed E-state index contributed by atoms with van der Waals surface area (Å²) in [6.45, 7) is 7.80. The van der Waals surface area contributed by atoms with E-state index in [1.165, 1.54) is 5.56 Å². The molecule has 0 heterocycles. The van der Waals surface area contributed by atoms with Gasteiger partial charge in [0.1, 0.15) is 0 Å². The second-order valence-corrected chi connectivity index (χ2v) is 6.32. The van der Waals surface area contributed by atoms with Crippen molar-refractivity contribution in [2.45, 2.75) is 33.7 Å². The molecule has 0 aromatic heterocycles. The van der Waals surface area contributed by atoms with Crippen molar-refractivity contribution >= 4 is 23.2 Å². The van der Waals surface area contributed by atoms with E-state index in [9.17, 15) is 9.59 Å². The van der Waals surface area contributed by atoms with E-state index < -0.39 is 0 Å². The summed E-state index contributed by atoms with van der Waals surface area (Å²) in [4.78, 5) is 24.2. The summed E-state index contributed by atoms with van der Waals surface area (Å²) in [6.07, 6.45) is 0. The van der Waals surface area contributed by atoms with E-state index in [0.717, 1.165) is 11.3 Å². The zero-order valence-electron chi connectivity index (χ0n) is 15.1. The third kappa shape index (κ3) is 5.08. The number of hydrogen-bond acceptors (Lipinski definition) is 3. The Morgan fingerprint density at radius 1 is 0.960 bits per heavy atom. The Morgan fingerprint density at radius 3 is 2.36 bits per heavy atom. The highest BCUT2D eigenvalue weighted by Crippen LogP contribution is 2.25. The second-order valence-electron chi connectivity index (χ2n) is 6.32. The first-order valence-corrected chi connectivity index (χ1v) is 8.38. The summed E-state index contributed by atoms with van der Waals surface area (Å²) >= 11 is 0. The highest BCUT2D eigenvalue weighted by atomic mass is 16.2. The van der Waals surface area contributed by atoms with Gasteiger partial charge in [0.25, 0.3) is 5.91 Å². The molecule has 0 atom stereocenters. The van der Waals surface area contributed by atoms with Gasteiger partial charge >= 0.3 is 0 Å². The van der Waals surface area contributed by atoms with Gasteiger partial charge in [-0.25, -0.2) is 0 Å². The smallest absolute Gasteiger partial charge is 0.253 e. The van der Waals surface area contributed by atoms with Gasteiger partial charge in [-0.2, -0.15) is 0 Å². The molecule has 0 aliphatic carbocycles. The Kier molecular flexibility index (Phi) is 6.17. The van der Waals surface area contributed by atoms with Crippen LogP contribution in [0.3, 0.4) is 0 Å². The molecule has 5 nitrogen and oxygen atoms in total. The minimum Gasteiger partial charge on any atom is -0.355 e. The van der Waals surface area contributed by atoms with Crippen molar-refractivity contribution in [3.05, 3.63) is 59.2 Å². The SMILES string of the molecule is Cc1cccc(Nc2ccccc2C(=O)NCC(=O)NC(C)C)c1C. The quantitative estimate of drug-likeness (QED) is 0.756. The van der Waals surface area contributed by atoms with E-state index in [-0.39, 0.29) is 24.4 Å². The van der Waals surface area contributed by atoms with E-state index in [1.54, 1.807) is 12.1 Å². The van der Waals surface area contributed by atoms with Crippen LogP contribution in [0.15, 0.2) is 42.5 Å². The standard InChI is InChI=1S/C20H25N3O2/c1-13(2)22-19(24)12-21-20(25)16-9-5-6-10-18(16)23-17-11-7-8-14(3)15(17)4/h5-11,13,23H,12H2,1-4H3,(H,21,25)(H,22,24). The van der Waals surface area contributed by atoms with Gasteiger partial charge in [-0.05, 0) is 57.0 Å². The Morgan fingerprint density at radius 2 is 1.64 bits per heavy atom. The third-order valence-electron chi connectivity index (χ3n) is 3.90. The van der Waals surface area contributed by atoms with Crippen LogP contribution in [0.1, 0.15) is 35.3 Å². The Hall–Kier alpha value is -2.82. The number of nitrogens with one attached hydrogen (secondary N) is 3. The number of carbonyl (C=O) groups is 2. The topological polar surface area (TPSA) is 70.2 Å². The molecule has 0 unspecified atom stereocenters. The zero-order chi connectivity index (χ0) is 18.4. The maximum atomic E-state index is 12.5. The molecule has 132 valence electrons. The van der Waals surface area contributed by atoms with Crippen LogP contribution < -0.4 is 16.0 Å². The van der Waals surface area contributed by atoms with Crippen molar-refractivity contribution in [2.75, 3.05) is 11.9 Å². The third-order valence-corrected chi connectivity index (χ3v) is 3.90. The number of benzene rings is 2. The van der Waals surface area contributed by atoms with Gasteiger partial charge in [-0.1, -0.05) is 24.3 Å². The summed E-state index contributed by atoms with van der Waals surface area (Å²) in [7, 11) is 0. The molecule has 0 saturated carbocycles. The monoisotopic (exact) mass is 339 g/mol. The highest BCUT2D eigenvalue weighted by Gasteiger charge is 2.13. The van der Waals surface area contributed by atoms with Gasteiger partial charge < -0.3 is 16.0 Å². The van der Waals surface area contributed by atoms with E-state index in [0.29, 0.717) is 11.3 Å². The van der Waals surface area contributed by atoms with Gasteiger partial charge in [0.2, 0.25) is 5.91 Å². The fourth-order valence-corrected chi connectivity index (χ4v) is 2.45. The van der Waals surface area contributed by atoms with Crippen LogP contribution in [0.4, 0.5) is 11.4 Å². The van der Waals surface area contributed by atoms with Gasteiger partial charge in [0, 0.05) is 11.7 Å². The predicted molar refractivity (Wildman–Crippen MR) is 101 cm³/mol. The molecule has 0 aliphatic rings. The Labute approximate surface area is 148 Å². The van der Waals surface area contributed by atoms with Crippen molar-refractivity contribution in [3.63, 3.8) is 0 Å². The maximum Gasteiger partial charge on any atom is 0.253 e. The lowest BCUT2D eigenvalue weighted by Crippen LogP contribution is -2.39. The van der Waals surface area contributed by atoms with Gasteiger partial charge in [0.15, 0.2) is 0 Å². The van der Waals surface area contributed by atoms with Gasteiger partial charge in [-0.3, -0.25) is 9.59 Å². The lowest BCUT2D eigenvalue weighted by atomic mass is 10.1. The van der Waals surface area contributed by atoms with E-state index in [2.05, 4.69) is 16.0 Å². The summed E-state index contributed by atoms with van der Waals surface area (Å²) in [5, 5.41) is 8.73. The normalized spacial score (nSPS) is 10.4.